The molecule has 1 N–H and O–H groups in total. The van der Waals surface area contributed by atoms with Crippen molar-refractivity contribution in [3.05, 3.63) is 35.7 Å². The van der Waals surface area contributed by atoms with Gasteiger partial charge in [-0.3, -0.25) is 9.59 Å². The molecule has 0 saturated heterocycles. The lowest BCUT2D eigenvalue weighted by Gasteiger charge is -2.25. The minimum Gasteiger partial charge on any atom is -0.460 e. The molecule has 1 amide bonds. The number of rotatable bonds is 10. The van der Waals surface area contributed by atoms with Crippen molar-refractivity contribution < 1.29 is 32.0 Å². The summed E-state index contributed by atoms with van der Waals surface area (Å²) in [5.41, 5.74) is 0.143. The highest BCUT2D eigenvalue weighted by Gasteiger charge is 2.38. The van der Waals surface area contributed by atoms with E-state index in [4.69, 9.17) is 4.74 Å². The summed E-state index contributed by atoms with van der Waals surface area (Å²) in [6, 6.07) is 5.72. The van der Waals surface area contributed by atoms with Gasteiger partial charge in [0.1, 0.15) is 5.60 Å². The van der Waals surface area contributed by atoms with Gasteiger partial charge >= 0.3 is 18.0 Å². The number of benzene rings is 1. The van der Waals surface area contributed by atoms with Crippen molar-refractivity contribution in [2.24, 2.45) is 0 Å². The van der Waals surface area contributed by atoms with Gasteiger partial charge in [-0.25, -0.2) is 0 Å². The lowest BCUT2D eigenvalue weighted by molar-refractivity contribution is -0.159. The molecule has 0 aliphatic carbocycles. The summed E-state index contributed by atoms with van der Waals surface area (Å²) in [6.07, 6.45) is -3.74. The SMILES string of the molecule is CCN(CCCC(=O)OC(C)(C)C)C[C@@H](C)NC(=O)c1ccc(-c2noc(C(F)(F)F)n2)cc1. The number of carbonyl (C=O) groups is 2. The van der Waals surface area contributed by atoms with Crippen LogP contribution in [0.15, 0.2) is 28.8 Å². The normalized spacial score (nSPS) is 13.1. The number of alkyl halides is 3. The van der Waals surface area contributed by atoms with Crippen LogP contribution in [0.3, 0.4) is 0 Å². The fourth-order valence-corrected chi connectivity index (χ4v) is 3.18. The third-order valence-corrected chi connectivity index (χ3v) is 4.71. The number of hydrogen-bond donors (Lipinski definition) is 1. The summed E-state index contributed by atoms with van der Waals surface area (Å²) in [6.45, 7) is 11.4. The van der Waals surface area contributed by atoms with E-state index in [1.807, 2.05) is 34.6 Å². The lowest BCUT2D eigenvalue weighted by atomic mass is 10.1. The Labute approximate surface area is 196 Å². The number of hydrogen-bond acceptors (Lipinski definition) is 7. The smallest absolute Gasteiger partial charge is 0.460 e. The average molecular weight is 485 g/mol. The minimum atomic E-state index is -4.72. The second-order valence-corrected chi connectivity index (χ2v) is 8.96. The van der Waals surface area contributed by atoms with Crippen molar-refractivity contribution in [3.8, 4) is 11.4 Å². The highest BCUT2D eigenvalue weighted by atomic mass is 19.4. The maximum atomic E-state index is 12.6. The Morgan fingerprint density at radius 3 is 2.35 bits per heavy atom. The van der Waals surface area contributed by atoms with Crippen molar-refractivity contribution >= 4 is 11.9 Å². The molecule has 11 heteroatoms. The first kappa shape index (κ1) is 27.3. The van der Waals surface area contributed by atoms with Crippen molar-refractivity contribution in [1.82, 2.24) is 20.4 Å². The third-order valence-electron chi connectivity index (χ3n) is 4.71. The summed E-state index contributed by atoms with van der Waals surface area (Å²) < 4.78 is 47.4. The Balaban J connectivity index is 1.85. The first-order valence-electron chi connectivity index (χ1n) is 11.0. The summed E-state index contributed by atoms with van der Waals surface area (Å²) in [5.74, 6) is -2.18. The Morgan fingerprint density at radius 1 is 1.18 bits per heavy atom. The van der Waals surface area contributed by atoms with Gasteiger partial charge in [-0.15, -0.1) is 0 Å². The molecule has 1 aromatic carbocycles. The fraction of sp³-hybridized carbons (Fsp3) is 0.565. The Hall–Kier alpha value is -2.95. The first-order valence-corrected chi connectivity index (χ1v) is 11.0. The van der Waals surface area contributed by atoms with Crippen LogP contribution in [0.4, 0.5) is 13.2 Å². The van der Waals surface area contributed by atoms with Crippen molar-refractivity contribution in [2.45, 2.75) is 65.3 Å². The van der Waals surface area contributed by atoms with E-state index in [0.29, 0.717) is 37.1 Å². The summed E-state index contributed by atoms with van der Waals surface area (Å²) in [4.78, 5) is 29.9. The summed E-state index contributed by atoms with van der Waals surface area (Å²) in [5, 5.41) is 6.23. The van der Waals surface area contributed by atoms with Crippen LogP contribution in [0.25, 0.3) is 11.4 Å². The molecule has 0 saturated carbocycles. The van der Waals surface area contributed by atoms with Gasteiger partial charge in [-0.05, 0) is 59.3 Å². The molecule has 0 bridgehead atoms. The number of halogens is 3. The molecule has 1 aromatic heterocycles. The topological polar surface area (TPSA) is 97.6 Å². The number of carbonyl (C=O) groups excluding carboxylic acids is 2. The zero-order chi connectivity index (χ0) is 25.5. The number of esters is 1. The van der Waals surface area contributed by atoms with Gasteiger partial charge in [0.05, 0.1) is 0 Å². The average Bonchev–Trinajstić information content (AvgIpc) is 3.22. The molecule has 2 aromatic rings. The molecule has 188 valence electrons. The number of nitrogens with zero attached hydrogens (tertiary/aromatic N) is 3. The van der Waals surface area contributed by atoms with Crippen LogP contribution in [0, 0.1) is 0 Å². The predicted octanol–water partition coefficient (Wildman–Crippen LogP) is 4.32. The van der Waals surface area contributed by atoms with E-state index < -0.39 is 17.7 Å². The van der Waals surface area contributed by atoms with E-state index in [0.717, 1.165) is 6.54 Å². The zero-order valence-electron chi connectivity index (χ0n) is 20.0. The van der Waals surface area contributed by atoms with Crippen LogP contribution in [0.1, 0.15) is 63.7 Å². The maximum Gasteiger partial charge on any atom is 0.471 e. The van der Waals surface area contributed by atoms with Crippen molar-refractivity contribution in [3.63, 3.8) is 0 Å². The van der Waals surface area contributed by atoms with Crippen LogP contribution in [-0.4, -0.2) is 58.2 Å². The predicted molar refractivity (Wildman–Crippen MR) is 119 cm³/mol. The van der Waals surface area contributed by atoms with Crippen molar-refractivity contribution in [2.75, 3.05) is 19.6 Å². The van der Waals surface area contributed by atoms with E-state index in [2.05, 4.69) is 24.9 Å². The lowest BCUT2D eigenvalue weighted by Crippen LogP contribution is -2.42. The molecule has 34 heavy (non-hydrogen) atoms. The molecular formula is C23H31F3N4O4. The van der Waals surface area contributed by atoms with Gasteiger partial charge in [0.2, 0.25) is 5.82 Å². The van der Waals surface area contributed by atoms with E-state index in [1.54, 1.807) is 0 Å². The molecule has 2 rings (SSSR count). The standard InChI is InChI=1S/C23H31F3N4O4/c1-6-30(13-7-8-18(31)33-22(3,4)5)14-15(2)27-20(32)17-11-9-16(10-12-17)19-28-21(34-29-19)23(24,25)26/h9-12,15H,6-8,13-14H2,1-5H3,(H,27,32)/t15-/m1/s1. The molecule has 0 aliphatic heterocycles. The summed E-state index contributed by atoms with van der Waals surface area (Å²) >= 11 is 0. The molecule has 0 spiro atoms. The Morgan fingerprint density at radius 2 is 1.82 bits per heavy atom. The number of amides is 1. The number of likely N-dealkylation sites (N-methyl/N-ethyl adjacent to an activating group) is 1. The van der Waals surface area contributed by atoms with Crippen molar-refractivity contribution in [1.29, 1.82) is 0 Å². The molecule has 0 fully saturated rings. The van der Waals surface area contributed by atoms with Gasteiger partial charge in [0.15, 0.2) is 0 Å². The zero-order valence-corrected chi connectivity index (χ0v) is 20.0. The van der Waals surface area contributed by atoms with Gasteiger partial charge in [0.25, 0.3) is 5.91 Å². The second kappa shape index (κ2) is 11.5. The third kappa shape index (κ3) is 8.77. The largest absolute Gasteiger partial charge is 0.471 e. The number of ether oxygens (including phenoxy) is 1. The van der Waals surface area contributed by atoms with E-state index >= 15 is 0 Å². The molecule has 0 aliphatic rings. The van der Waals surface area contributed by atoms with Crippen LogP contribution in [0.5, 0.6) is 0 Å². The minimum absolute atomic E-state index is 0.166. The van der Waals surface area contributed by atoms with Crippen LogP contribution in [-0.2, 0) is 15.7 Å². The number of nitrogens with one attached hydrogen (secondary N) is 1. The molecular weight excluding hydrogens is 453 g/mol. The van der Waals surface area contributed by atoms with Gasteiger partial charge in [-0.1, -0.05) is 24.2 Å². The van der Waals surface area contributed by atoms with Gasteiger partial charge < -0.3 is 19.5 Å². The van der Waals surface area contributed by atoms with Crippen LogP contribution < -0.4 is 5.32 Å². The summed E-state index contributed by atoms with van der Waals surface area (Å²) in [7, 11) is 0. The highest BCUT2D eigenvalue weighted by Crippen LogP contribution is 2.29. The molecule has 0 unspecified atom stereocenters. The van der Waals surface area contributed by atoms with E-state index in [9.17, 15) is 22.8 Å². The second-order valence-electron chi connectivity index (χ2n) is 8.96. The number of aromatic nitrogens is 2. The molecule has 1 atom stereocenters. The van der Waals surface area contributed by atoms with E-state index in [1.165, 1.54) is 24.3 Å². The quantitative estimate of drug-likeness (QED) is 0.502. The van der Waals surface area contributed by atoms with Gasteiger partial charge in [-0.2, -0.15) is 18.2 Å². The van der Waals surface area contributed by atoms with Gasteiger partial charge in [0, 0.05) is 30.1 Å². The monoisotopic (exact) mass is 484 g/mol. The molecule has 8 nitrogen and oxygen atoms in total. The Kier molecular flexibility index (Phi) is 9.20. The Bertz CT molecular complexity index is 952. The first-order chi connectivity index (χ1) is 15.8. The van der Waals surface area contributed by atoms with Crippen LogP contribution in [0.2, 0.25) is 0 Å². The molecule has 1 heterocycles. The fourth-order valence-electron chi connectivity index (χ4n) is 3.18. The van der Waals surface area contributed by atoms with Crippen LogP contribution >= 0.6 is 0 Å². The molecule has 0 radical (unpaired) electrons. The van der Waals surface area contributed by atoms with E-state index in [-0.39, 0.29) is 23.7 Å². The maximum absolute atomic E-state index is 12.6. The highest BCUT2D eigenvalue weighted by molar-refractivity contribution is 5.94.